The monoisotopic (exact) mass is 390 g/mol. The molecule has 142 valence electrons. The van der Waals surface area contributed by atoms with Gasteiger partial charge in [-0.25, -0.2) is 8.42 Å². The van der Waals surface area contributed by atoms with Crippen LogP contribution < -0.4 is 9.04 Å². The molecule has 0 N–H and O–H groups in total. The number of Topliss-reactive ketones (excluding diaryl/α,β-unsaturated/α-hetero) is 1. The summed E-state index contributed by atoms with van der Waals surface area (Å²) in [6.45, 7) is 1.45. The summed E-state index contributed by atoms with van der Waals surface area (Å²) in [4.78, 5) is 22.9. The Morgan fingerprint density at radius 2 is 2.00 bits per heavy atom. The predicted octanol–water partition coefficient (Wildman–Crippen LogP) is 2.57. The summed E-state index contributed by atoms with van der Waals surface area (Å²) in [6.07, 6.45) is 1.66. The van der Waals surface area contributed by atoms with E-state index in [-0.39, 0.29) is 29.9 Å². The number of fused-ring (bicyclic) bond motifs is 1. The minimum atomic E-state index is -3.40. The molecule has 0 spiro atoms. The molecule has 9 heteroatoms. The fourth-order valence-corrected chi connectivity index (χ4v) is 4.50. The summed E-state index contributed by atoms with van der Waals surface area (Å²) in [7, 11) is -3.40. The number of hydrogen-bond donors (Lipinski definition) is 0. The van der Waals surface area contributed by atoms with Crippen LogP contribution >= 0.6 is 0 Å². The molecule has 2 aromatic rings. The Kier molecular flexibility index (Phi) is 4.88. The number of nitrogens with zero attached hydrogens (tertiary/aromatic N) is 2. The van der Waals surface area contributed by atoms with Crippen molar-refractivity contribution in [3.8, 4) is 5.75 Å². The molecule has 2 aromatic carbocycles. The first-order valence-corrected chi connectivity index (χ1v) is 10.0. The zero-order valence-electron chi connectivity index (χ0n) is 14.8. The zero-order valence-corrected chi connectivity index (χ0v) is 15.6. The van der Waals surface area contributed by atoms with E-state index in [1.54, 1.807) is 31.2 Å². The number of nitro benzene ring substituents is 1. The third-order valence-electron chi connectivity index (χ3n) is 4.33. The second kappa shape index (κ2) is 6.99. The van der Waals surface area contributed by atoms with E-state index in [1.165, 1.54) is 22.5 Å². The topological polar surface area (TPSA) is 107 Å². The first kappa shape index (κ1) is 18.8. The first-order valence-electron chi connectivity index (χ1n) is 8.20. The highest BCUT2D eigenvalue weighted by molar-refractivity contribution is 7.92. The Morgan fingerprint density at radius 1 is 1.30 bits per heavy atom. The van der Waals surface area contributed by atoms with Crippen LogP contribution in [0, 0.1) is 10.1 Å². The average molecular weight is 390 g/mol. The summed E-state index contributed by atoms with van der Waals surface area (Å²) >= 11 is 0. The molecule has 27 heavy (non-hydrogen) atoms. The van der Waals surface area contributed by atoms with Gasteiger partial charge >= 0.3 is 5.69 Å². The normalized spacial score (nSPS) is 16.1. The van der Waals surface area contributed by atoms with Crippen LogP contribution in [-0.4, -0.2) is 38.0 Å². The van der Waals surface area contributed by atoms with Crippen LogP contribution in [0.15, 0.2) is 42.5 Å². The summed E-state index contributed by atoms with van der Waals surface area (Å²) in [5.74, 6) is -0.324. The largest absolute Gasteiger partial charge is 0.478 e. The molecular formula is C18H18N2O6S. The van der Waals surface area contributed by atoms with Crippen molar-refractivity contribution >= 4 is 27.2 Å². The number of ether oxygens (including phenoxy) is 1. The lowest BCUT2D eigenvalue weighted by atomic mass is 10.0. The average Bonchev–Trinajstić information content (AvgIpc) is 2.94. The SMILES string of the molecule is C[C@@H]1Cc2cc(C(=O)COc3ccccc3[N+](=O)[O-])ccc2N1S(C)(=O)=O. The molecule has 1 atom stereocenters. The van der Waals surface area contributed by atoms with Crippen LogP contribution in [0.25, 0.3) is 0 Å². The predicted molar refractivity (Wildman–Crippen MR) is 99.9 cm³/mol. The Balaban J connectivity index is 1.78. The van der Waals surface area contributed by atoms with Crippen LogP contribution in [0.3, 0.4) is 0 Å². The number of rotatable bonds is 6. The minimum absolute atomic E-state index is 0.0221. The molecule has 0 saturated carbocycles. The fourth-order valence-electron chi connectivity index (χ4n) is 3.24. The smallest absolute Gasteiger partial charge is 0.310 e. The number of anilines is 1. The molecule has 3 rings (SSSR count). The van der Waals surface area contributed by atoms with Gasteiger partial charge in [0.1, 0.15) is 0 Å². The van der Waals surface area contributed by atoms with E-state index in [2.05, 4.69) is 0 Å². The molecule has 0 aliphatic carbocycles. The van der Waals surface area contributed by atoms with Crippen molar-refractivity contribution in [3.05, 3.63) is 63.7 Å². The van der Waals surface area contributed by atoms with Gasteiger partial charge in [-0.1, -0.05) is 12.1 Å². The molecule has 1 aliphatic heterocycles. The molecule has 0 unspecified atom stereocenters. The van der Waals surface area contributed by atoms with Crippen molar-refractivity contribution in [1.82, 2.24) is 0 Å². The lowest BCUT2D eigenvalue weighted by Gasteiger charge is -2.21. The summed E-state index contributed by atoms with van der Waals surface area (Å²) in [6, 6.07) is 10.4. The number of carbonyl (C=O) groups is 1. The minimum Gasteiger partial charge on any atom is -0.478 e. The van der Waals surface area contributed by atoms with Crippen molar-refractivity contribution < 1.29 is 22.9 Å². The zero-order chi connectivity index (χ0) is 19.8. The Bertz CT molecular complexity index is 1020. The van der Waals surface area contributed by atoms with Crippen LogP contribution in [0.4, 0.5) is 11.4 Å². The molecular weight excluding hydrogens is 372 g/mol. The van der Waals surface area contributed by atoms with Crippen molar-refractivity contribution in [2.45, 2.75) is 19.4 Å². The molecule has 8 nitrogen and oxygen atoms in total. The van der Waals surface area contributed by atoms with E-state index in [0.717, 1.165) is 11.8 Å². The van der Waals surface area contributed by atoms with Crippen molar-refractivity contribution in [1.29, 1.82) is 0 Å². The number of hydrogen-bond acceptors (Lipinski definition) is 6. The van der Waals surface area contributed by atoms with Gasteiger partial charge in [0, 0.05) is 17.7 Å². The van der Waals surface area contributed by atoms with Crippen molar-refractivity contribution in [2.24, 2.45) is 0 Å². The van der Waals surface area contributed by atoms with Gasteiger partial charge in [0.25, 0.3) is 0 Å². The summed E-state index contributed by atoms with van der Waals surface area (Å²) in [5, 5.41) is 11.0. The van der Waals surface area contributed by atoms with E-state index in [0.29, 0.717) is 17.7 Å². The highest BCUT2D eigenvalue weighted by Gasteiger charge is 2.32. The standard InChI is InChI=1S/C18H18N2O6S/c1-12-9-14-10-13(7-8-15(14)19(12)27(2,24)25)17(21)11-26-18-6-4-3-5-16(18)20(22)23/h3-8,10,12H,9,11H2,1-2H3/t12-/m1/s1. The van der Waals surface area contributed by atoms with Gasteiger partial charge in [0.15, 0.2) is 18.1 Å². The van der Waals surface area contributed by atoms with E-state index in [4.69, 9.17) is 4.74 Å². The molecule has 1 aliphatic rings. The van der Waals surface area contributed by atoms with Crippen LogP contribution in [-0.2, 0) is 16.4 Å². The maximum atomic E-state index is 12.4. The number of sulfonamides is 1. The quantitative estimate of drug-likeness (QED) is 0.426. The second-order valence-corrected chi connectivity index (χ2v) is 8.25. The molecule has 0 amide bonds. The molecule has 0 fully saturated rings. The van der Waals surface area contributed by atoms with Crippen LogP contribution in [0.2, 0.25) is 0 Å². The number of para-hydroxylation sites is 2. The molecule has 0 radical (unpaired) electrons. The summed E-state index contributed by atoms with van der Waals surface area (Å²) < 4.78 is 30.6. The molecule has 0 bridgehead atoms. The van der Waals surface area contributed by atoms with E-state index >= 15 is 0 Å². The van der Waals surface area contributed by atoms with Gasteiger partial charge < -0.3 is 4.74 Å². The van der Waals surface area contributed by atoms with E-state index in [1.807, 2.05) is 0 Å². The van der Waals surface area contributed by atoms with Crippen LogP contribution in [0.5, 0.6) is 5.75 Å². The first-order chi connectivity index (χ1) is 12.7. The van der Waals surface area contributed by atoms with Crippen LogP contribution in [0.1, 0.15) is 22.8 Å². The number of benzene rings is 2. The lowest BCUT2D eigenvalue weighted by Crippen LogP contribution is -2.34. The highest BCUT2D eigenvalue weighted by atomic mass is 32.2. The maximum Gasteiger partial charge on any atom is 0.310 e. The van der Waals surface area contributed by atoms with Gasteiger partial charge in [-0.05, 0) is 43.2 Å². The van der Waals surface area contributed by atoms with Crippen molar-refractivity contribution in [2.75, 3.05) is 17.2 Å². The third kappa shape index (κ3) is 3.77. The second-order valence-electron chi connectivity index (χ2n) is 6.39. The summed E-state index contributed by atoms with van der Waals surface area (Å²) in [5.41, 5.74) is 1.50. The number of ketones is 1. The Morgan fingerprint density at radius 3 is 2.67 bits per heavy atom. The van der Waals surface area contributed by atoms with Gasteiger partial charge in [0.2, 0.25) is 10.0 Å². The Labute approximate surface area is 156 Å². The Hall–Kier alpha value is -2.94. The maximum absolute atomic E-state index is 12.4. The molecule has 0 saturated heterocycles. The highest BCUT2D eigenvalue weighted by Crippen LogP contribution is 2.35. The lowest BCUT2D eigenvalue weighted by molar-refractivity contribution is -0.385. The molecule has 0 aromatic heterocycles. The number of nitro groups is 1. The van der Waals surface area contributed by atoms with Gasteiger partial charge in [-0.2, -0.15) is 0 Å². The van der Waals surface area contributed by atoms with E-state index in [9.17, 15) is 23.3 Å². The van der Waals surface area contributed by atoms with E-state index < -0.39 is 14.9 Å². The third-order valence-corrected chi connectivity index (χ3v) is 5.60. The van der Waals surface area contributed by atoms with Gasteiger partial charge in [-0.3, -0.25) is 19.2 Å². The van der Waals surface area contributed by atoms with Crippen molar-refractivity contribution in [3.63, 3.8) is 0 Å². The van der Waals surface area contributed by atoms with Gasteiger partial charge in [0.05, 0.1) is 16.9 Å². The fraction of sp³-hybridized carbons (Fsp3) is 0.278. The number of carbonyl (C=O) groups excluding carboxylic acids is 1. The van der Waals surface area contributed by atoms with Gasteiger partial charge in [-0.15, -0.1) is 0 Å². The molecule has 1 heterocycles.